The maximum Gasteiger partial charge on any atom is 0.239 e. The van der Waals surface area contributed by atoms with Gasteiger partial charge < -0.3 is 10.0 Å². The van der Waals surface area contributed by atoms with Gasteiger partial charge >= 0.3 is 0 Å². The summed E-state index contributed by atoms with van der Waals surface area (Å²) >= 11 is 0. The molecule has 0 aromatic carbocycles. The Bertz CT molecular complexity index is 347. The van der Waals surface area contributed by atoms with E-state index in [2.05, 4.69) is 4.90 Å². The van der Waals surface area contributed by atoms with E-state index in [-0.39, 0.29) is 12.1 Å². The molecule has 3 fully saturated rings. The van der Waals surface area contributed by atoms with Gasteiger partial charge in [0.15, 0.2) is 0 Å². The third kappa shape index (κ3) is 2.40. The Labute approximate surface area is 115 Å². The van der Waals surface area contributed by atoms with Crippen molar-refractivity contribution in [2.45, 2.75) is 63.1 Å². The SMILES string of the molecule is CN1CCC(N2CCCCC2C2CCCC2O)C1=O. The summed E-state index contributed by atoms with van der Waals surface area (Å²) in [5.74, 6) is 0.693. The van der Waals surface area contributed by atoms with E-state index in [1.807, 2.05) is 11.9 Å². The zero-order chi connectivity index (χ0) is 13.4. The van der Waals surface area contributed by atoms with E-state index in [0.29, 0.717) is 17.9 Å². The van der Waals surface area contributed by atoms with Crippen LogP contribution in [0.25, 0.3) is 0 Å². The molecule has 4 unspecified atom stereocenters. The number of amides is 1. The Morgan fingerprint density at radius 1 is 1.05 bits per heavy atom. The van der Waals surface area contributed by atoms with Gasteiger partial charge in [-0.05, 0) is 38.6 Å². The Balaban J connectivity index is 1.75. The van der Waals surface area contributed by atoms with Gasteiger partial charge in [0.05, 0.1) is 12.1 Å². The summed E-state index contributed by atoms with van der Waals surface area (Å²) in [6.45, 7) is 1.93. The van der Waals surface area contributed by atoms with Crippen molar-refractivity contribution in [1.82, 2.24) is 9.80 Å². The van der Waals surface area contributed by atoms with Crippen LogP contribution in [0.15, 0.2) is 0 Å². The summed E-state index contributed by atoms with van der Waals surface area (Å²) < 4.78 is 0. The molecule has 4 heteroatoms. The average molecular weight is 266 g/mol. The minimum atomic E-state index is -0.139. The summed E-state index contributed by atoms with van der Waals surface area (Å²) in [5.41, 5.74) is 0. The van der Waals surface area contributed by atoms with Gasteiger partial charge in [-0.25, -0.2) is 0 Å². The van der Waals surface area contributed by atoms with Gasteiger partial charge in [0.1, 0.15) is 0 Å². The molecule has 1 amide bonds. The fourth-order valence-electron chi connectivity index (χ4n) is 4.36. The molecule has 2 saturated heterocycles. The van der Waals surface area contributed by atoms with Gasteiger partial charge in [-0.3, -0.25) is 9.69 Å². The van der Waals surface area contributed by atoms with E-state index in [9.17, 15) is 9.90 Å². The average Bonchev–Trinajstić information content (AvgIpc) is 2.98. The summed E-state index contributed by atoms with van der Waals surface area (Å²) in [4.78, 5) is 16.6. The first-order chi connectivity index (χ1) is 9.18. The van der Waals surface area contributed by atoms with Crippen LogP contribution in [0.1, 0.15) is 44.9 Å². The van der Waals surface area contributed by atoms with Crippen molar-refractivity contribution in [3.8, 4) is 0 Å². The monoisotopic (exact) mass is 266 g/mol. The van der Waals surface area contributed by atoms with Crippen LogP contribution in [-0.2, 0) is 4.79 Å². The van der Waals surface area contributed by atoms with Crippen LogP contribution >= 0.6 is 0 Å². The van der Waals surface area contributed by atoms with Crippen molar-refractivity contribution in [2.24, 2.45) is 5.92 Å². The molecule has 3 aliphatic rings. The molecule has 0 bridgehead atoms. The fourth-order valence-corrected chi connectivity index (χ4v) is 4.36. The molecule has 1 saturated carbocycles. The molecule has 19 heavy (non-hydrogen) atoms. The minimum absolute atomic E-state index is 0.0862. The molecular weight excluding hydrogens is 240 g/mol. The van der Waals surface area contributed by atoms with Gasteiger partial charge in [-0.15, -0.1) is 0 Å². The molecule has 108 valence electrons. The second kappa shape index (κ2) is 5.41. The lowest BCUT2D eigenvalue weighted by Crippen LogP contribution is -2.53. The zero-order valence-electron chi connectivity index (χ0n) is 11.9. The van der Waals surface area contributed by atoms with Gasteiger partial charge in [-0.2, -0.15) is 0 Å². The summed E-state index contributed by atoms with van der Waals surface area (Å²) in [5, 5.41) is 10.2. The lowest BCUT2D eigenvalue weighted by molar-refractivity contribution is -0.133. The molecule has 4 atom stereocenters. The van der Waals surface area contributed by atoms with Gasteiger partial charge in [0.2, 0.25) is 5.91 Å². The van der Waals surface area contributed by atoms with Crippen molar-refractivity contribution in [3.63, 3.8) is 0 Å². The Morgan fingerprint density at radius 3 is 2.53 bits per heavy atom. The number of carbonyl (C=O) groups excluding carboxylic acids is 1. The molecule has 2 heterocycles. The van der Waals surface area contributed by atoms with Crippen molar-refractivity contribution in [3.05, 3.63) is 0 Å². The highest BCUT2D eigenvalue weighted by Gasteiger charge is 2.43. The van der Waals surface area contributed by atoms with Crippen LogP contribution in [0.4, 0.5) is 0 Å². The predicted octanol–water partition coefficient (Wildman–Crippen LogP) is 1.23. The molecule has 0 radical (unpaired) electrons. The van der Waals surface area contributed by atoms with Crippen LogP contribution in [0, 0.1) is 5.92 Å². The van der Waals surface area contributed by atoms with Gasteiger partial charge in [0, 0.05) is 25.6 Å². The number of aliphatic hydroxyl groups excluding tert-OH is 1. The zero-order valence-corrected chi connectivity index (χ0v) is 11.9. The number of hydrogen-bond acceptors (Lipinski definition) is 3. The first-order valence-corrected chi connectivity index (χ1v) is 7.87. The van der Waals surface area contributed by atoms with Crippen LogP contribution in [0.3, 0.4) is 0 Å². The Hall–Kier alpha value is -0.610. The third-order valence-corrected chi connectivity index (χ3v) is 5.42. The number of piperidine rings is 1. The maximum absolute atomic E-state index is 12.3. The second-order valence-electron chi connectivity index (χ2n) is 6.53. The smallest absolute Gasteiger partial charge is 0.239 e. The van der Waals surface area contributed by atoms with Crippen molar-refractivity contribution in [1.29, 1.82) is 0 Å². The first-order valence-electron chi connectivity index (χ1n) is 7.87. The van der Waals surface area contributed by atoms with E-state index in [1.165, 1.54) is 12.8 Å². The quantitative estimate of drug-likeness (QED) is 0.817. The van der Waals surface area contributed by atoms with Crippen molar-refractivity contribution in [2.75, 3.05) is 20.1 Å². The Morgan fingerprint density at radius 2 is 1.89 bits per heavy atom. The van der Waals surface area contributed by atoms with Crippen LogP contribution in [0.5, 0.6) is 0 Å². The molecular formula is C15H26N2O2. The maximum atomic E-state index is 12.3. The van der Waals surface area contributed by atoms with Crippen LogP contribution in [-0.4, -0.2) is 59.1 Å². The van der Waals surface area contributed by atoms with E-state index in [4.69, 9.17) is 0 Å². The number of likely N-dealkylation sites (tertiary alicyclic amines) is 2. The molecule has 2 aliphatic heterocycles. The largest absolute Gasteiger partial charge is 0.393 e. The Kier molecular flexibility index (Phi) is 3.81. The lowest BCUT2D eigenvalue weighted by atomic mass is 9.86. The molecule has 4 nitrogen and oxygen atoms in total. The van der Waals surface area contributed by atoms with E-state index >= 15 is 0 Å². The molecule has 1 aliphatic carbocycles. The van der Waals surface area contributed by atoms with E-state index in [0.717, 1.165) is 45.2 Å². The number of aliphatic hydroxyl groups is 1. The van der Waals surface area contributed by atoms with E-state index < -0.39 is 0 Å². The van der Waals surface area contributed by atoms with Crippen LogP contribution < -0.4 is 0 Å². The first kappa shape index (κ1) is 13.4. The third-order valence-electron chi connectivity index (χ3n) is 5.42. The normalized spacial score (nSPS) is 41.2. The predicted molar refractivity (Wildman–Crippen MR) is 73.7 cm³/mol. The van der Waals surface area contributed by atoms with Crippen LogP contribution in [0.2, 0.25) is 0 Å². The molecule has 1 N–H and O–H groups in total. The number of carbonyl (C=O) groups is 1. The minimum Gasteiger partial charge on any atom is -0.393 e. The van der Waals surface area contributed by atoms with Crippen molar-refractivity contribution >= 4 is 5.91 Å². The standard InChI is InChI=1S/C15H26N2O2/c1-16-10-8-13(15(16)19)17-9-3-2-6-12(17)11-5-4-7-14(11)18/h11-14,18H,2-10H2,1H3. The summed E-state index contributed by atoms with van der Waals surface area (Å²) in [7, 11) is 1.91. The fraction of sp³-hybridized carbons (Fsp3) is 0.933. The number of nitrogens with zero attached hydrogens (tertiary/aromatic N) is 2. The summed E-state index contributed by atoms with van der Waals surface area (Å²) in [6.07, 6.45) is 7.68. The second-order valence-corrected chi connectivity index (χ2v) is 6.53. The number of rotatable bonds is 2. The number of hydrogen-bond donors (Lipinski definition) is 1. The number of likely N-dealkylation sites (N-methyl/N-ethyl adjacent to an activating group) is 1. The topological polar surface area (TPSA) is 43.8 Å². The highest BCUT2D eigenvalue weighted by Crippen LogP contribution is 2.37. The molecule has 0 spiro atoms. The summed E-state index contributed by atoms with van der Waals surface area (Å²) in [6, 6.07) is 0.523. The van der Waals surface area contributed by atoms with Gasteiger partial charge in [0.25, 0.3) is 0 Å². The lowest BCUT2D eigenvalue weighted by Gasteiger charge is -2.42. The molecule has 0 aromatic heterocycles. The van der Waals surface area contributed by atoms with E-state index in [1.54, 1.807) is 0 Å². The van der Waals surface area contributed by atoms with Crippen molar-refractivity contribution < 1.29 is 9.90 Å². The molecule has 0 aromatic rings. The highest BCUT2D eigenvalue weighted by molar-refractivity contribution is 5.83. The van der Waals surface area contributed by atoms with Gasteiger partial charge in [-0.1, -0.05) is 12.8 Å². The highest BCUT2D eigenvalue weighted by atomic mass is 16.3. The molecule has 3 rings (SSSR count).